The number of nitrogens with two attached hydrogens (primary N) is 1. The Labute approximate surface area is 185 Å². The monoisotopic (exact) mass is 428 g/mol. The number of aromatic nitrogens is 3. The van der Waals surface area contributed by atoms with Crippen LogP contribution in [0.4, 0.5) is 5.82 Å². The van der Waals surface area contributed by atoms with Crippen LogP contribution in [-0.4, -0.2) is 25.4 Å². The Hall–Kier alpha value is -3.87. The minimum absolute atomic E-state index is 0.00679. The lowest BCUT2D eigenvalue weighted by atomic mass is 9.54. The van der Waals surface area contributed by atoms with Crippen molar-refractivity contribution in [3.05, 3.63) is 72.8 Å². The minimum atomic E-state index is -0.762. The van der Waals surface area contributed by atoms with Gasteiger partial charge >= 0.3 is 5.97 Å². The second-order valence-corrected chi connectivity index (χ2v) is 8.79. The Bertz CT molecular complexity index is 1300. The van der Waals surface area contributed by atoms with Gasteiger partial charge in [-0.05, 0) is 48.2 Å². The highest BCUT2D eigenvalue weighted by molar-refractivity contribution is 5.85. The summed E-state index contributed by atoms with van der Waals surface area (Å²) in [7, 11) is 0. The van der Waals surface area contributed by atoms with Gasteiger partial charge in [0, 0.05) is 23.9 Å². The number of carbonyl (C=O) groups is 1. The highest BCUT2D eigenvalue weighted by atomic mass is 16.5. The van der Waals surface area contributed by atoms with Crippen LogP contribution < -0.4 is 10.5 Å². The fourth-order valence-corrected chi connectivity index (χ4v) is 4.62. The lowest BCUT2D eigenvalue weighted by Crippen LogP contribution is -2.47. The van der Waals surface area contributed by atoms with Gasteiger partial charge in [0.15, 0.2) is 0 Å². The average Bonchev–Trinajstić information content (AvgIpc) is 3.14. The van der Waals surface area contributed by atoms with Gasteiger partial charge in [0.25, 0.3) is 0 Å². The molecule has 0 unspecified atom stereocenters. The third-order valence-corrected chi connectivity index (χ3v) is 6.59. The molecule has 1 saturated carbocycles. The van der Waals surface area contributed by atoms with Gasteiger partial charge in [-0.2, -0.15) is 0 Å². The van der Waals surface area contributed by atoms with Crippen molar-refractivity contribution in [1.82, 2.24) is 14.4 Å². The number of nitrogens with zero attached hydrogens (tertiary/aromatic N) is 3. The highest BCUT2D eigenvalue weighted by Crippen LogP contribution is 2.57. The van der Waals surface area contributed by atoms with Crippen LogP contribution in [0.2, 0.25) is 0 Å². The minimum Gasteiger partial charge on any atom is -0.481 e. The summed E-state index contributed by atoms with van der Waals surface area (Å²) in [6.07, 6.45) is 4.04. The number of benzene rings is 2. The molecular weight excluding hydrogens is 404 g/mol. The van der Waals surface area contributed by atoms with E-state index in [1.807, 2.05) is 79.0 Å². The summed E-state index contributed by atoms with van der Waals surface area (Å²) in [6.45, 7) is 3.97. The normalized spacial score (nSPS) is 19.4. The largest absolute Gasteiger partial charge is 0.481 e. The van der Waals surface area contributed by atoms with Crippen molar-refractivity contribution >= 4 is 17.3 Å². The number of carboxylic acids is 1. The van der Waals surface area contributed by atoms with E-state index in [4.69, 9.17) is 15.5 Å². The predicted molar refractivity (Wildman–Crippen MR) is 122 cm³/mol. The molecule has 32 heavy (non-hydrogen) atoms. The molecule has 0 aliphatic heterocycles. The maximum absolute atomic E-state index is 11.6. The Kier molecular flexibility index (Phi) is 4.62. The molecule has 1 aliphatic carbocycles. The molecule has 0 saturated heterocycles. The molecule has 4 aromatic rings. The van der Waals surface area contributed by atoms with E-state index in [1.54, 1.807) is 6.20 Å². The molecule has 2 aromatic carbocycles. The fraction of sp³-hybridized carbons (Fsp3) is 0.240. The van der Waals surface area contributed by atoms with Crippen LogP contribution in [0.25, 0.3) is 16.8 Å². The number of fused-ring (bicyclic) bond motifs is 1. The third-order valence-electron chi connectivity index (χ3n) is 6.59. The van der Waals surface area contributed by atoms with Crippen molar-refractivity contribution in [2.45, 2.75) is 26.2 Å². The van der Waals surface area contributed by atoms with Crippen LogP contribution in [0.3, 0.4) is 0 Å². The smallest absolute Gasteiger partial charge is 0.307 e. The molecule has 2 aromatic heterocycles. The van der Waals surface area contributed by atoms with Gasteiger partial charge in [-0.25, -0.2) is 9.97 Å². The van der Waals surface area contributed by atoms with Gasteiger partial charge in [-0.15, -0.1) is 0 Å². The second-order valence-electron chi connectivity index (χ2n) is 8.79. The number of carboxylic acid groups (broad SMARTS) is 1. The van der Waals surface area contributed by atoms with E-state index in [0.29, 0.717) is 12.2 Å². The van der Waals surface area contributed by atoms with E-state index < -0.39 is 17.3 Å². The number of hydrogen-bond acceptors (Lipinski definition) is 5. The molecule has 2 heterocycles. The maximum atomic E-state index is 11.6. The molecule has 0 spiro atoms. The van der Waals surface area contributed by atoms with E-state index in [2.05, 4.69) is 4.98 Å². The first-order chi connectivity index (χ1) is 15.4. The van der Waals surface area contributed by atoms with Gasteiger partial charge < -0.3 is 15.6 Å². The van der Waals surface area contributed by atoms with Crippen molar-refractivity contribution in [2.24, 2.45) is 11.3 Å². The van der Waals surface area contributed by atoms with E-state index >= 15 is 0 Å². The van der Waals surface area contributed by atoms with Crippen molar-refractivity contribution in [2.75, 3.05) is 5.73 Å². The molecule has 0 amide bonds. The third kappa shape index (κ3) is 3.17. The molecule has 7 nitrogen and oxygen atoms in total. The summed E-state index contributed by atoms with van der Waals surface area (Å²) in [5, 5.41) is 9.54. The molecule has 162 valence electrons. The first kappa shape index (κ1) is 20.1. The number of para-hydroxylation sites is 1. The van der Waals surface area contributed by atoms with E-state index in [0.717, 1.165) is 34.1 Å². The van der Waals surface area contributed by atoms with Gasteiger partial charge in [-0.1, -0.05) is 32.0 Å². The summed E-state index contributed by atoms with van der Waals surface area (Å²) in [5.41, 5.74) is 8.19. The topological polar surface area (TPSA) is 103 Å². The van der Waals surface area contributed by atoms with Crippen LogP contribution in [0, 0.1) is 11.3 Å². The molecule has 0 bridgehead atoms. The quantitative estimate of drug-likeness (QED) is 0.464. The molecule has 5 rings (SSSR count). The van der Waals surface area contributed by atoms with Crippen LogP contribution in [0.1, 0.15) is 32.0 Å². The summed E-state index contributed by atoms with van der Waals surface area (Å²) in [6, 6.07) is 17.3. The summed E-state index contributed by atoms with van der Waals surface area (Å²) >= 11 is 0. The average molecular weight is 428 g/mol. The fourth-order valence-electron chi connectivity index (χ4n) is 4.62. The molecule has 0 radical (unpaired) electrons. The number of anilines is 1. The van der Waals surface area contributed by atoms with Gasteiger partial charge in [0.05, 0.1) is 5.92 Å². The zero-order chi connectivity index (χ0) is 22.5. The number of imidazole rings is 1. The van der Waals surface area contributed by atoms with Crippen molar-refractivity contribution in [3.8, 4) is 22.8 Å². The molecule has 2 atom stereocenters. The number of rotatable bonds is 5. The Morgan fingerprint density at radius 1 is 1.12 bits per heavy atom. The lowest BCUT2D eigenvalue weighted by Gasteiger charge is -2.49. The zero-order valence-corrected chi connectivity index (χ0v) is 17.9. The summed E-state index contributed by atoms with van der Waals surface area (Å²) < 4.78 is 7.85. The number of nitrogen functional groups attached to an aromatic ring is 1. The number of hydrogen-bond donors (Lipinski definition) is 2. The molecule has 3 N–H and O–H groups in total. The predicted octanol–water partition coefficient (Wildman–Crippen LogP) is 4.99. The standard InChI is InChI=1S/C25H24N4O3/c1-25(2)18(14-19(25)24(30)31)23-28-20(21-22(26)27-12-13-29(21)23)15-8-10-17(11-9-15)32-16-6-4-3-5-7-16/h3-13,18-19H,14H2,1-2H3,(H2,26,27)(H,30,31)/t18-,19+/m0/s1. The lowest BCUT2D eigenvalue weighted by molar-refractivity contribution is -0.154. The Balaban J connectivity index is 1.53. The van der Waals surface area contributed by atoms with Crippen LogP contribution >= 0.6 is 0 Å². The second kappa shape index (κ2) is 7.37. The summed E-state index contributed by atoms with van der Waals surface area (Å²) in [4.78, 5) is 20.8. The SMILES string of the molecule is CC1(C)[C@@H](C(=O)O)C[C@H]1c1nc(-c2ccc(Oc3ccccc3)cc2)c2c(N)nccn12. The van der Waals surface area contributed by atoms with Crippen molar-refractivity contribution in [1.29, 1.82) is 0 Å². The highest BCUT2D eigenvalue weighted by Gasteiger charge is 2.54. The first-order valence-corrected chi connectivity index (χ1v) is 10.5. The molecule has 7 heteroatoms. The Morgan fingerprint density at radius 3 is 2.47 bits per heavy atom. The van der Waals surface area contributed by atoms with Crippen molar-refractivity contribution in [3.63, 3.8) is 0 Å². The maximum Gasteiger partial charge on any atom is 0.307 e. The molecule has 1 aliphatic rings. The van der Waals surface area contributed by atoms with E-state index in [-0.39, 0.29) is 5.92 Å². The van der Waals surface area contributed by atoms with Crippen LogP contribution in [-0.2, 0) is 4.79 Å². The number of aliphatic carboxylic acids is 1. The van der Waals surface area contributed by atoms with Crippen LogP contribution in [0.15, 0.2) is 67.0 Å². The van der Waals surface area contributed by atoms with Gasteiger partial charge in [0.2, 0.25) is 0 Å². The van der Waals surface area contributed by atoms with E-state index in [1.165, 1.54) is 0 Å². The first-order valence-electron chi connectivity index (χ1n) is 10.5. The molecular formula is C25H24N4O3. The van der Waals surface area contributed by atoms with E-state index in [9.17, 15) is 9.90 Å². The van der Waals surface area contributed by atoms with Crippen LogP contribution in [0.5, 0.6) is 11.5 Å². The zero-order valence-electron chi connectivity index (χ0n) is 17.9. The number of ether oxygens (including phenoxy) is 1. The van der Waals surface area contributed by atoms with Gasteiger partial charge in [-0.3, -0.25) is 9.20 Å². The van der Waals surface area contributed by atoms with Crippen molar-refractivity contribution < 1.29 is 14.6 Å². The van der Waals surface area contributed by atoms with Gasteiger partial charge in [0.1, 0.15) is 34.4 Å². The Morgan fingerprint density at radius 2 is 1.81 bits per heavy atom. The summed E-state index contributed by atoms with van der Waals surface area (Å²) in [5.74, 6) is 1.54. The molecule has 1 fully saturated rings.